The number of hydrogen-bond donors (Lipinski definition) is 1. The number of rotatable bonds is 0. The molecule has 0 amide bonds. The average molecular weight is 170 g/mol. The fraction of sp³-hybridized carbons (Fsp3) is 1.00. The molecule has 3 fully saturated rings. The van der Waals surface area contributed by atoms with Gasteiger partial charge in [-0.1, -0.05) is 0 Å². The molecule has 2 nitrogen and oxygen atoms in total. The summed E-state index contributed by atoms with van der Waals surface area (Å²) >= 11 is 0. The van der Waals surface area contributed by atoms with Gasteiger partial charge in [0.1, 0.15) is 0 Å². The van der Waals surface area contributed by atoms with E-state index in [-0.39, 0.29) is 11.2 Å². The van der Waals surface area contributed by atoms with Crippen LogP contribution in [0.4, 0.5) is 0 Å². The summed E-state index contributed by atoms with van der Waals surface area (Å²) in [4.78, 5) is 0. The van der Waals surface area contributed by atoms with Gasteiger partial charge in [-0.25, -0.2) is 0 Å². The highest BCUT2D eigenvalue weighted by molar-refractivity contribution is 5.07. The van der Waals surface area contributed by atoms with Gasteiger partial charge in [-0.15, -0.1) is 0 Å². The van der Waals surface area contributed by atoms with Gasteiger partial charge in [-0.3, -0.25) is 0 Å². The Labute approximate surface area is 73.9 Å². The predicted molar refractivity (Wildman–Crippen MR) is 47.0 cm³/mol. The molecule has 0 aromatic carbocycles. The zero-order valence-corrected chi connectivity index (χ0v) is 8.18. The van der Waals surface area contributed by atoms with Gasteiger partial charge in [-0.05, 0) is 46.5 Å². The second-order valence-electron chi connectivity index (χ2n) is 5.09. The van der Waals surface area contributed by atoms with Crippen molar-refractivity contribution in [1.29, 1.82) is 0 Å². The van der Waals surface area contributed by atoms with Crippen LogP contribution in [0, 0.1) is 0 Å². The molecule has 0 aromatic heterocycles. The van der Waals surface area contributed by atoms with Gasteiger partial charge in [0.2, 0.25) is 0 Å². The lowest BCUT2D eigenvalue weighted by Crippen LogP contribution is -2.65. The van der Waals surface area contributed by atoms with Crippen molar-refractivity contribution >= 4 is 0 Å². The summed E-state index contributed by atoms with van der Waals surface area (Å²) in [5.74, 6) is 0. The normalized spacial score (nSPS) is 51.0. The lowest BCUT2D eigenvalue weighted by atomic mass is 9.65. The maximum absolute atomic E-state index is 10.2. The maximum atomic E-state index is 10.2. The van der Waals surface area contributed by atoms with Crippen LogP contribution >= 0.6 is 0 Å². The van der Waals surface area contributed by atoms with E-state index in [0.717, 1.165) is 25.7 Å². The third kappa shape index (κ3) is 0.944. The molecule has 2 heteroatoms. The molecular weight excluding hydrogens is 152 g/mol. The van der Waals surface area contributed by atoms with Crippen LogP contribution in [0.2, 0.25) is 0 Å². The Morgan fingerprint density at radius 1 is 1.00 bits per heavy atom. The standard InChI is InChI=1S/C10H18O2/c1-8(2)10(11)6-4-9(3,12-8)5-7-10/h11H,4-7H2,1-3H3. The summed E-state index contributed by atoms with van der Waals surface area (Å²) in [6.07, 6.45) is 3.81. The van der Waals surface area contributed by atoms with E-state index in [9.17, 15) is 5.11 Å². The van der Waals surface area contributed by atoms with Crippen molar-refractivity contribution in [3.05, 3.63) is 0 Å². The molecule has 1 saturated carbocycles. The summed E-state index contributed by atoms with van der Waals surface area (Å²) in [5.41, 5.74) is -0.878. The van der Waals surface area contributed by atoms with Gasteiger partial charge >= 0.3 is 0 Å². The second-order valence-corrected chi connectivity index (χ2v) is 5.09. The first kappa shape index (κ1) is 8.52. The highest BCUT2D eigenvalue weighted by Crippen LogP contribution is 2.51. The topological polar surface area (TPSA) is 29.5 Å². The Hall–Kier alpha value is -0.0800. The van der Waals surface area contributed by atoms with Crippen LogP contribution in [0.5, 0.6) is 0 Å². The molecule has 1 aliphatic carbocycles. The second kappa shape index (κ2) is 2.05. The molecule has 0 atom stereocenters. The Morgan fingerprint density at radius 2 is 1.50 bits per heavy atom. The minimum Gasteiger partial charge on any atom is -0.387 e. The van der Waals surface area contributed by atoms with Crippen molar-refractivity contribution in [2.24, 2.45) is 0 Å². The molecule has 70 valence electrons. The summed E-state index contributed by atoms with van der Waals surface area (Å²) in [6.45, 7) is 6.17. The first-order valence-corrected chi connectivity index (χ1v) is 4.80. The molecule has 2 saturated heterocycles. The Kier molecular flexibility index (Phi) is 1.45. The lowest BCUT2D eigenvalue weighted by Gasteiger charge is -2.58. The summed E-state index contributed by atoms with van der Waals surface area (Å²) in [6, 6.07) is 0. The molecule has 2 bridgehead atoms. The van der Waals surface area contributed by atoms with E-state index < -0.39 is 5.60 Å². The molecule has 3 rings (SSSR count). The monoisotopic (exact) mass is 170 g/mol. The third-order valence-corrected chi connectivity index (χ3v) is 3.76. The molecule has 3 aliphatic rings. The molecule has 0 radical (unpaired) electrons. The van der Waals surface area contributed by atoms with E-state index in [1.165, 1.54) is 0 Å². The smallest absolute Gasteiger partial charge is 0.0933 e. The first-order chi connectivity index (χ1) is 5.37. The zero-order chi connectivity index (χ0) is 9.04. The predicted octanol–water partition coefficient (Wildman–Crippen LogP) is 1.86. The van der Waals surface area contributed by atoms with Gasteiger partial charge in [0.25, 0.3) is 0 Å². The van der Waals surface area contributed by atoms with Crippen LogP contribution in [0.25, 0.3) is 0 Å². The zero-order valence-electron chi connectivity index (χ0n) is 8.18. The first-order valence-electron chi connectivity index (χ1n) is 4.80. The molecule has 2 heterocycles. The van der Waals surface area contributed by atoms with Crippen LogP contribution in [0.15, 0.2) is 0 Å². The minimum absolute atomic E-state index is 0.0357. The van der Waals surface area contributed by atoms with Gasteiger partial charge in [0, 0.05) is 0 Å². The van der Waals surface area contributed by atoms with Crippen molar-refractivity contribution in [2.75, 3.05) is 0 Å². The van der Waals surface area contributed by atoms with Crippen LogP contribution < -0.4 is 0 Å². The molecule has 1 N–H and O–H groups in total. The van der Waals surface area contributed by atoms with E-state index in [2.05, 4.69) is 6.92 Å². The molecule has 0 unspecified atom stereocenters. The highest BCUT2D eigenvalue weighted by atomic mass is 16.5. The third-order valence-electron chi connectivity index (χ3n) is 3.76. The van der Waals surface area contributed by atoms with Crippen molar-refractivity contribution in [3.63, 3.8) is 0 Å². The van der Waals surface area contributed by atoms with Crippen LogP contribution in [0.1, 0.15) is 46.5 Å². The lowest BCUT2D eigenvalue weighted by molar-refractivity contribution is -0.297. The van der Waals surface area contributed by atoms with Gasteiger partial charge in [0.05, 0.1) is 16.8 Å². The van der Waals surface area contributed by atoms with E-state index in [1.54, 1.807) is 0 Å². The number of fused-ring (bicyclic) bond motifs is 3. The van der Waals surface area contributed by atoms with E-state index in [4.69, 9.17) is 4.74 Å². The molecule has 12 heavy (non-hydrogen) atoms. The Balaban J connectivity index is 2.32. The quantitative estimate of drug-likeness (QED) is 0.601. The van der Waals surface area contributed by atoms with Gasteiger partial charge in [0.15, 0.2) is 0 Å². The van der Waals surface area contributed by atoms with E-state index in [1.807, 2.05) is 13.8 Å². The fourth-order valence-electron chi connectivity index (χ4n) is 2.61. The van der Waals surface area contributed by atoms with Crippen LogP contribution in [-0.2, 0) is 4.74 Å². The Bertz CT molecular complexity index is 200. The SMILES string of the molecule is CC12CCC(O)(CC1)C(C)(C)O2. The summed E-state index contributed by atoms with van der Waals surface area (Å²) in [7, 11) is 0. The van der Waals surface area contributed by atoms with Crippen molar-refractivity contribution in [1.82, 2.24) is 0 Å². The molecule has 0 aromatic rings. The molecular formula is C10H18O2. The van der Waals surface area contributed by atoms with Crippen molar-refractivity contribution in [2.45, 2.75) is 63.3 Å². The molecule has 0 spiro atoms. The van der Waals surface area contributed by atoms with Gasteiger partial charge < -0.3 is 9.84 Å². The van der Waals surface area contributed by atoms with Gasteiger partial charge in [-0.2, -0.15) is 0 Å². The number of ether oxygens (including phenoxy) is 1. The Morgan fingerprint density at radius 3 is 1.83 bits per heavy atom. The van der Waals surface area contributed by atoms with E-state index in [0.29, 0.717) is 0 Å². The fourth-order valence-corrected chi connectivity index (χ4v) is 2.61. The summed E-state index contributed by atoms with van der Waals surface area (Å²) in [5, 5.41) is 10.2. The van der Waals surface area contributed by atoms with Crippen molar-refractivity contribution < 1.29 is 9.84 Å². The molecule has 2 aliphatic heterocycles. The minimum atomic E-state index is -0.565. The highest BCUT2D eigenvalue weighted by Gasteiger charge is 2.57. The maximum Gasteiger partial charge on any atom is 0.0933 e. The van der Waals surface area contributed by atoms with Crippen molar-refractivity contribution in [3.8, 4) is 0 Å². The van der Waals surface area contributed by atoms with Crippen LogP contribution in [0.3, 0.4) is 0 Å². The largest absolute Gasteiger partial charge is 0.387 e. The number of aliphatic hydroxyl groups is 1. The summed E-state index contributed by atoms with van der Waals surface area (Å²) < 4.78 is 5.91. The van der Waals surface area contributed by atoms with Crippen LogP contribution in [-0.4, -0.2) is 21.9 Å². The van der Waals surface area contributed by atoms with E-state index >= 15 is 0 Å². The average Bonchev–Trinajstić information content (AvgIpc) is 1.92. The number of hydrogen-bond acceptors (Lipinski definition) is 2.